The topological polar surface area (TPSA) is 12.9 Å². The van der Waals surface area contributed by atoms with Crippen LogP contribution in [0, 0.1) is 0 Å². The van der Waals surface area contributed by atoms with Crippen LogP contribution in [0.2, 0.25) is 9.49 Å². The van der Waals surface area contributed by atoms with Crippen molar-refractivity contribution in [3.63, 3.8) is 0 Å². The van der Waals surface area contributed by atoms with Crippen LogP contribution in [0.4, 0.5) is 0 Å². The van der Waals surface area contributed by atoms with E-state index in [0.29, 0.717) is 9.49 Å². The first kappa shape index (κ1) is 11.0. The molecule has 4 rings (SSSR count). The first-order chi connectivity index (χ1) is 8.74. The first-order valence-electron chi connectivity index (χ1n) is 5.30. The van der Waals surface area contributed by atoms with Gasteiger partial charge in [0.15, 0.2) is 4.47 Å². The van der Waals surface area contributed by atoms with Crippen molar-refractivity contribution in [3.05, 3.63) is 39.8 Å². The van der Waals surface area contributed by atoms with Gasteiger partial charge in [-0.05, 0) is 12.1 Å². The van der Waals surface area contributed by atoms with Gasteiger partial charge in [-0.3, -0.25) is 0 Å². The predicted molar refractivity (Wildman–Crippen MR) is 82.5 cm³/mol. The predicted octanol–water partition coefficient (Wildman–Crippen LogP) is 5.97. The lowest BCUT2D eigenvalue weighted by molar-refractivity contribution is 1.50. The Balaban J connectivity index is 2.38. The highest BCUT2D eigenvalue weighted by Gasteiger charge is 2.14. The molecule has 0 aliphatic rings. The Morgan fingerprint density at radius 2 is 1.83 bits per heavy atom. The number of benzene rings is 2. The molecule has 0 saturated heterocycles. The maximum Gasteiger partial charge on any atom is 0.184 e. The molecule has 18 heavy (non-hydrogen) atoms. The van der Waals surface area contributed by atoms with Crippen LogP contribution < -0.4 is 0 Å². The monoisotopic (exact) mass is 309 g/mol. The Morgan fingerprint density at radius 1 is 1.00 bits per heavy atom. The molecule has 2 heterocycles. The molecule has 0 amide bonds. The molecule has 5 heteroatoms. The van der Waals surface area contributed by atoms with E-state index in [1.165, 1.54) is 31.5 Å². The molecule has 2 aromatic carbocycles. The molecule has 88 valence electrons. The van der Waals surface area contributed by atoms with Gasteiger partial charge in [0.05, 0.1) is 9.72 Å². The van der Waals surface area contributed by atoms with Crippen molar-refractivity contribution in [1.29, 1.82) is 0 Å². The van der Waals surface area contributed by atoms with Gasteiger partial charge in [0, 0.05) is 20.2 Å². The first-order valence-corrected chi connectivity index (χ1v) is 7.69. The highest BCUT2D eigenvalue weighted by Crippen LogP contribution is 2.43. The zero-order valence-electron chi connectivity index (χ0n) is 8.91. The third kappa shape index (κ3) is 1.42. The van der Waals surface area contributed by atoms with Gasteiger partial charge in [-0.1, -0.05) is 41.4 Å². The number of fused-ring (bicyclic) bond motifs is 5. The minimum absolute atomic E-state index is 0.537. The average Bonchev–Trinajstić information content (AvgIpc) is 2.88. The second-order valence-electron chi connectivity index (χ2n) is 3.97. The fraction of sp³-hybridized carbons (Fsp3) is 0. The van der Waals surface area contributed by atoms with E-state index in [4.69, 9.17) is 23.2 Å². The Labute approximate surface area is 121 Å². The van der Waals surface area contributed by atoms with Gasteiger partial charge in [-0.25, -0.2) is 4.98 Å². The molecule has 0 aliphatic heterocycles. The Bertz CT molecular complexity index is 907. The van der Waals surface area contributed by atoms with E-state index >= 15 is 0 Å². The summed E-state index contributed by atoms with van der Waals surface area (Å²) in [6.07, 6.45) is 0. The third-order valence-corrected chi connectivity index (χ3v) is 5.52. The summed E-state index contributed by atoms with van der Waals surface area (Å²) in [6.45, 7) is 0. The van der Waals surface area contributed by atoms with Gasteiger partial charge >= 0.3 is 0 Å². The summed E-state index contributed by atoms with van der Waals surface area (Å²) >= 11 is 15.5. The molecular weight excluding hydrogens is 305 g/mol. The van der Waals surface area contributed by atoms with E-state index < -0.39 is 0 Å². The van der Waals surface area contributed by atoms with Crippen molar-refractivity contribution < 1.29 is 0 Å². The van der Waals surface area contributed by atoms with E-state index in [9.17, 15) is 0 Å². The van der Waals surface area contributed by atoms with Gasteiger partial charge in [0.1, 0.15) is 5.52 Å². The van der Waals surface area contributed by atoms with Crippen molar-refractivity contribution in [1.82, 2.24) is 4.98 Å². The molecule has 0 saturated carbocycles. The quantitative estimate of drug-likeness (QED) is 0.390. The van der Waals surface area contributed by atoms with Crippen molar-refractivity contribution in [2.75, 3.05) is 0 Å². The summed E-state index contributed by atoms with van der Waals surface area (Å²) in [5, 5.41) is 3.14. The van der Waals surface area contributed by atoms with E-state index in [1.807, 2.05) is 6.07 Å². The maximum atomic E-state index is 6.27. The van der Waals surface area contributed by atoms with E-state index in [2.05, 4.69) is 29.2 Å². The smallest absolute Gasteiger partial charge is 0.184 e. The number of thiophene rings is 1. The Morgan fingerprint density at radius 3 is 2.72 bits per heavy atom. The van der Waals surface area contributed by atoms with Crippen LogP contribution in [0.1, 0.15) is 0 Å². The zero-order chi connectivity index (χ0) is 12.3. The molecule has 0 radical (unpaired) electrons. The van der Waals surface area contributed by atoms with E-state index in [-0.39, 0.29) is 0 Å². The van der Waals surface area contributed by atoms with Gasteiger partial charge in [0.2, 0.25) is 0 Å². The van der Waals surface area contributed by atoms with Gasteiger partial charge < -0.3 is 0 Å². The minimum Gasteiger partial charge on any atom is -0.223 e. The standard InChI is InChI=1S/C13H5Cl2NS2/c14-7-5-9-10(12-11(7)16-13(15)18-12)6-3-1-2-4-8(6)17-9/h1-5H. The highest BCUT2D eigenvalue weighted by molar-refractivity contribution is 7.28. The molecule has 0 aliphatic carbocycles. The lowest BCUT2D eigenvalue weighted by Gasteiger charge is -1.95. The lowest BCUT2D eigenvalue weighted by atomic mass is 10.1. The van der Waals surface area contributed by atoms with Gasteiger partial charge in [-0.2, -0.15) is 0 Å². The van der Waals surface area contributed by atoms with Gasteiger partial charge in [0.25, 0.3) is 0 Å². The van der Waals surface area contributed by atoms with Crippen LogP contribution in [0.5, 0.6) is 0 Å². The number of thiazole rings is 1. The number of hydrogen-bond donors (Lipinski definition) is 0. The second-order valence-corrected chi connectivity index (χ2v) is 7.05. The number of nitrogens with zero attached hydrogens (tertiary/aromatic N) is 1. The van der Waals surface area contributed by atoms with Crippen LogP contribution >= 0.6 is 45.9 Å². The zero-order valence-corrected chi connectivity index (χ0v) is 12.1. The molecule has 0 fully saturated rings. The molecule has 0 atom stereocenters. The molecule has 1 nitrogen and oxygen atoms in total. The van der Waals surface area contributed by atoms with Crippen molar-refractivity contribution in [3.8, 4) is 0 Å². The molecular formula is C13H5Cl2NS2. The normalized spacial score (nSPS) is 11.9. The lowest BCUT2D eigenvalue weighted by Crippen LogP contribution is -1.72. The number of rotatable bonds is 0. The van der Waals surface area contributed by atoms with Gasteiger partial charge in [-0.15, -0.1) is 22.7 Å². The Hall–Kier alpha value is -0.870. The molecule has 0 spiro atoms. The van der Waals surface area contributed by atoms with Crippen LogP contribution in [0.25, 0.3) is 30.4 Å². The highest BCUT2D eigenvalue weighted by atomic mass is 35.5. The summed E-state index contributed by atoms with van der Waals surface area (Å²) < 4.78 is 4.07. The largest absolute Gasteiger partial charge is 0.223 e. The van der Waals surface area contributed by atoms with Crippen molar-refractivity contribution >= 4 is 76.3 Å². The van der Waals surface area contributed by atoms with Crippen LogP contribution in [0.15, 0.2) is 30.3 Å². The minimum atomic E-state index is 0.537. The Kier molecular flexibility index (Phi) is 2.33. The molecule has 0 N–H and O–H groups in total. The maximum absolute atomic E-state index is 6.27. The number of hydrogen-bond acceptors (Lipinski definition) is 3. The SMILES string of the molecule is Clc1nc2c(Cl)cc3sc4ccccc4c3c2s1. The molecule has 4 aromatic rings. The summed E-state index contributed by atoms with van der Waals surface area (Å²) in [4.78, 5) is 4.31. The van der Waals surface area contributed by atoms with Crippen LogP contribution in [0.3, 0.4) is 0 Å². The molecule has 0 bridgehead atoms. The average molecular weight is 310 g/mol. The number of halogens is 2. The summed E-state index contributed by atoms with van der Waals surface area (Å²) in [7, 11) is 0. The fourth-order valence-electron chi connectivity index (χ4n) is 2.21. The fourth-order valence-corrected chi connectivity index (χ4v) is 4.99. The van der Waals surface area contributed by atoms with Crippen molar-refractivity contribution in [2.45, 2.75) is 0 Å². The second kappa shape index (κ2) is 3.81. The van der Waals surface area contributed by atoms with Crippen LogP contribution in [-0.4, -0.2) is 4.98 Å². The third-order valence-electron chi connectivity index (χ3n) is 2.93. The number of aromatic nitrogens is 1. The summed E-state index contributed by atoms with van der Waals surface area (Å²) in [6, 6.07) is 10.4. The molecule has 2 aromatic heterocycles. The molecule has 0 unspecified atom stereocenters. The van der Waals surface area contributed by atoms with Crippen LogP contribution in [-0.2, 0) is 0 Å². The van der Waals surface area contributed by atoms with E-state index in [0.717, 1.165) is 10.2 Å². The van der Waals surface area contributed by atoms with E-state index in [1.54, 1.807) is 11.3 Å². The summed E-state index contributed by atoms with van der Waals surface area (Å²) in [5.41, 5.74) is 0.808. The summed E-state index contributed by atoms with van der Waals surface area (Å²) in [5.74, 6) is 0. The van der Waals surface area contributed by atoms with Crippen molar-refractivity contribution in [2.24, 2.45) is 0 Å².